The van der Waals surface area contributed by atoms with Crippen molar-refractivity contribution < 1.29 is 18.7 Å². The molecule has 0 saturated heterocycles. The van der Waals surface area contributed by atoms with E-state index in [0.29, 0.717) is 5.52 Å². The highest BCUT2D eigenvalue weighted by Gasteiger charge is 2.13. The molecule has 3 aromatic rings. The first kappa shape index (κ1) is 12.2. The quantitative estimate of drug-likeness (QED) is 0.779. The van der Waals surface area contributed by atoms with Crippen LogP contribution in [0.1, 0.15) is 10.4 Å². The molecule has 1 aromatic heterocycles. The summed E-state index contributed by atoms with van der Waals surface area (Å²) in [6, 6.07) is 7.10. The number of aromatic carboxylic acids is 1. The summed E-state index contributed by atoms with van der Waals surface area (Å²) in [6.45, 7) is 0. The van der Waals surface area contributed by atoms with Crippen molar-refractivity contribution in [2.75, 3.05) is 0 Å². The zero-order valence-electron chi connectivity index (χ0n) is 9.92. The van der Waals surface area contributed by atoms with Crippen molar-refractivity contribution in [1.82, 2.24) is 15.0 Å². The summed E-state index contributed by atoms with van der Waals surface area (Å²) >= 11 is 0. The topological polar surface area (TPSA) is 68.0 Å². The third-order valence-electron chi connectivity index (χ3n) is 2.83. The monoisotopic (exact) mass is 275 g/mol. The lowest BCUT2D eigenvalue weighted by molar-refractivity contribution is 0.0697. The van der Waals surface area contributed by atoms with E-state index < -0.39 is 17.6 Å². The van der Waals surface area contributed by atoms with Gasteiger partial charge in [0, 0.05) is 6.07 Å². The SMILES string of the molecule is O=C(O)c1ccc2c(c1)nnn2-c1cc(F)ccc1F. The van der Waals surface area contributed by atoms with Gasteiger partial charge in [0.1, 0.15) is 22.8 Å². The normalized spacial score (nSPS) is 10.9. The molecule has 1 heterocycles. The van der Waals surface area contributed by atoms with Gasteiger partial charge in [-0.05, 0) is 30.3 Å². The molecule has 0 bridgehead atoms. The smallest absolute Gasteiger partial charge is 0.335 e. The van der Waals surface area contributed by atoms with E-state index in [9.17, 15) is 13.6 Å². The molecule has 0 radical (unpaired) electrons. The Hall–Kier alpha value is -2.83. The molecule has 0 atom stereocenters. The molecule has 0 aliphatic rings. The standard InChI is InChI=1S/C13H7F2N3O2/c14-8-2-3-9(15)12(6-8)18-11-4-1-7(13(19)20)5-10(11)16-17-18/h1-6H,(H,19,20). The number of hydrogen-bond donors (Lipinski definition) is 1. The Morgan fingerprint density at radius 1 is 1.15 bits per heavy atom. The van der Waals surface area contributed by atoms with Crippen LogP contribution in [0.4, 0.5) is 8.78 Å². The van der Waals surface area contributed by atoms with Crippen molar-refractivity contribution in [3.63, 3.8) is 0 Å². The number of carboxylic acids is 1. The van der Waals surface area contributed by atoms with Crippen LogP contribution in [0.25, 0.3) is 16.7 Å². The van der Waals surface area contributed by atoms with Crippen molar-refractivity contribution in [2.45, 2.75) is 0 Å². The second kappa shape index (κ2) is 4.37. The maximum absolute atomic E-state index is 13.7. The van der Waals surface area contributed by atoms with Crippen LogP contribution in [0.3, 0.4) is 0 Å². The number of carbonyl (C=O) groups is 1. The molecule has 3 rings (SSSR count). The van der Waals surface area contributed by atoms with E-state index in [1.54, 1.807) is 0 Å². The Bertz CT molecular complexity index is 830. The average Bonchev–Trinajstić information content (AvgIpc) is 2.84. The van der Waals surface area contributed by atoms with Crippen LogP contribution in [0.15, 0.2) is 36.4 Å². The van der Waals surface area contributed by atoms with Crippen molar-refractivity contribution in [1.29, 1.82) is 0 Å². The molecule has 5 nitrogen and oxygen atoms in total. The van der Waals surface area contributed by atoms with Gasteiger partial charge in [0.05, 0.1) is 11.1 Å². The highest BCUT2D eigenvalue weighted by molar-refractivity contribution is 5.92. The van der Waals surface area contributed by atoms with Crippen LogP contribution in [0, 0.1) is 11.6 Å². The number of rotatable bonds is 2. The number of carboxylic acid groups (broad SMARTS) is 1. The minimum atomic E-state index is -1.10. The first-order valence-corrected chi connectivity index (χ1v) is 5.60. The van der Waals surface area contributed by atoms with E-state index in [2.05, 4.69) is 10.3 Å². The molecule has 1 N–H and O–H groups in total. The highest BCUT2D eigenvalue weighted by Crippen LogP contribution is 2.20. The molecular weight excluding hydrogens is 268 g/mol. The van der Waals surface area contributed by atoms with Gasteiger partial charge in [-0.15, -0.1) is 5.10 Å². The third kappa shape index (κ3) is 1.89. The van der Waals surface area contributed by atoms with Crippen LogP contribution < -0.4 is 0 Å². The largest absolute Gasteiger partial charge is 0.478 e. The average molecular weight is 275 g/mol. The maximum atomic E-state index is 13.7. The summed E-state index contributed by atoms with van der Waals surface area (Å²) in [5.41, 5.74) is 0.632. The van der Waals surface area contributed by atoms with Crippen LogP contribution in [0.2, 0.25) is 0 Å². The van der Waals surface area contributed by atoms with Gasteiger partial charge >= 0.3 is 5.97 Å². The highest BCUT2D eigenvalue weighted by atomic mass is 19.1. The molecule has 0 aliphatic carbocycles. The van der Waals surface area contributed by atoms with Crippen molar-refractivity contribution in [3.8, 4) is 5.69 Å². The van der Waals surface area contributed by atoms with Gasteiger partial charge in [0.25, 0.3) is 0 Å². The Morgan fingerprint density at radius 3 is 2.70 bits per heavy atom. The van der Waals surface area contributed by atoms with E-state index in [4.69, 9.17) is 5.11 Å². The predicted octanol–water partition coefficient (Wildman–Crippen LogP) is 2.40. The Kier molecular flexibility index (Phi) is 2.67. The summed E-state index contributed by atoms with van der Waals surface area (Å²) in [5.74, 6) is -2.36. The Morgan fingerprint density at radius 2 is 1.95 bits per heavy atom. The van der Waals surface area contributed by atoms with Gasteiger partial charge in [0.2, 0.25) is 0 Å². The van der Waals surface area contributed by atoms with Gasteiger partial charge in [0.15, 0.2) is 0 Å². The molecule has 0 aliphatic heterocycles. The van der Waals surface area contributed by atoms with Gasteiger partial charge < -0.3 is 5.11 Å². The number of halogens is 2. The van der Waals surface area contributed by atoms with Crippen LogP contribution in [-0.4, -0.2) is 26.1 Å². The molecule has 100 valence electrons. The minimum Gasteiger partial charge on any atom is -0.478 e. The van der Waals surface area contributed by atoms with Crippen molar-refractivity contribution in [3.05, 3.63) is 53.6 Å². The first-order valence-electron chi connectivity index (χ1n) is 5.60. The molecule has 0 spiro atoms. The van der Waals surface area contributed by atoms with E-state index in [1.165, 1.54) is 18.2 Å². The van der Waals surface area contributed by atoms with E-state index in [0.717, 1.165) is 22.9 Å². The summed E-state index contributed by atoms with van der Waals surface area (Å²) < 4.78 is 28.0. The molecule has 0 unspecified atom stereocenters. The summed E-state index contributed by atoms with van der Waals surface area (Å²) in [7, 11) is 0. The van der Waals surface area contributed by atoms with Gasteiger partial charge in [-0.1, -0.05) is 5.21 Å². The fourth-order valence-corrected chi connectivity index (χ4v) is 1.88. The molecular formula is C13H7F2N3O2. The van der Waals surface area contributed by atoms with Gasteiger partial charge in [-0.25, -0.2) is 18.3 Å². The zero-order chi connectivity index (χ0) is 14.3. The summed E-state index contributed by atoms with van der Waals surface area (Å²) in [6.07, 6.45) is 0. The summed E-state index contributed by atoms with van der Waals surface area (Å²) in [4.78, 5) is 10.9. The minimum absolute atomic E-state index is 0.0456. The van der Waals surface area contributed by atoms with Crippen molar-refractivity contribution in [2.24, 2.45) is 0 Å². The lowest BCUT2D eigenvalue weighted by Crippen LogP contribution is -2.01. The fraction of sp³-hybridized carbons (Fsp3) is 0. The van der Waals surface area contributed by atoms with E-state index in [-0.39, 0.29) is 16.8 Å². The van der Waals surface area contributed by atoms with E-state index in [1.807, 2.05) is 0 Å². The Labute approximate surface area is 111 Å². The number of fused-ring (bicyclic) bond motifs is 1. The van der Waals surface area contributed by atoms with Crippen LogP contribution in [0.5, 0.6) is 0 Å². The van der Waals surface area contributed by atoms with Crippen LogP contribution >= 0.6 is 0 Å². The summed E-state index contributed by atoms with van der Waals surface area (Å²) in [5, 5.41) is 16.4. The van der Waals surface area contributed by atoms with Gasteiger partial charge in [-0.3, -0.25) is 0 Å². The lowest BCUT2D eigenvalue weighted by Gasteiger charge is -2.04. The molecule has 0 fully saturated rings. The molecule has 0 amide bonds. The lowest BCUT2D eigenvalue weighted by atomic mass is 10.2. The second-order valence-electron chi connectivity index (χ2n) is 4.11. The van der Waals surface area contributed by atoms with Gasteiger partial charge in [-0.2, -0.15) is 0 Å². The van der Waals surface area contributed by atoms with E-state index >= 15 is 0 Å². The second-order valence-corrected chi connectivity index (χ2v) is 4.11. The van der Waals surface area contributed by atoms with Crippen molar-refractivity contribution >= 4 is 17.0 Å². The number of nitrogens with zero attached hydrogens (tertiary/aromatic N) is 3. The fourth-order valence-electron chi connectivity index (χ4n) is 1.88. The first-order chi connectivity index (χ1) is 9.56. The number of hydrogen-bond acceptors (Lipinski definition) is 3. The zero-order valence-corrected chi connectivity index (χ0v) is 9.92. The number of aromatic nitrogens is 3. The Balaban J connectivity index is 2.22. The third-order valence-corrected chi connectivity index (χ3v) is 2.83. The molecule has 0 saturated carbocycles. The molecule has 20 heavy (non-hydrogen) atoms. The maximum Gasteiger partial charge on any atom is 0.335 e. The molecule has 2 aromatic carbocycles. The number of benzene rings is 2. The predicted molar refractivity (Wildman–Crippen MR) is 65.7 cm³/mol. The molecule has 7 heteroatoms. The van der Waals surface area contributed by atoms with Crippen LogP contribution in [-0.2, 0) is 0 Å².